The van der Waals surface area contributed by atoms with Crippen molar-refractivity contribution >= 4 is 0 Å². The first kappa shape index (κ1) is 13.9. The van der Waals surface area contributed by atoms with Crippen LogP contribution in [0.1, 0.15) is 39.5 Å². The van der Waals surface area contributed by atoms with Crippen LogP contribution >= 0.6 is 0 Å². The van der Waals surface area contributed by atoms with E-state index in [1.54, 1.807) is 7.11 Å². The number of ether oxygens (including phenoxy) is 2. The highest BCUT2D eigenvalue weighted by molar-refractivity contribution is 4.79. The molecule has 3 nitrogen and oxygen atoms in total. The second kappa shape index (κ2) is 8.04. The quantitative estimate of drug-likeness (QED) is 0.647. The van der Waals surface area contributed by atoms with E-state index in [1.165, 1.54) is 25.7 Å². The molecule has 0 saturated heterocycles. The Morgan fingerprint density at radius 3 is 2.50 bits per heavy atom. The summed E-state index contributed by atoms with van der Waals surface area (Å²) in [4.78, 5) is 0. The largest absolute Gasteiger partial charge is 0.382 e. The van der Waals surface area contributed by atoms with Crippen molar-refractivity contribution in [3.8, 4) is 0 Å². The molecule has 0 heterocycles. The lowest BCUT2D eigenvalue weighted by Gasteiger charge is -2.24. The van der Waals surface area contributed by atoms with Gasteiger partial charge in [0.1, 0.15) is 0 Å². The average molecular weight is 229 g/mol. The van der Waals surface area contributed by atoms with Crippen LogP contribution in [0.3, 0.4) is 0 Å². The summed E-state index contributed by atoms with van der Waals surface area (Å²) in [6.45, 7) is 6.66. The van der Waals surface area contributed by atoms with Crippen LogP contribution in [0.4, 0.5) is 0 Å². The molecular formula is C13H27NO2. The predicted octanol–water partition coefficient (Wildman–Crippen LogP) is 2.21. The number of rotatable bonds is 8. The Balaban J connectivity index is 2.05. The number of hydrogen-bond donors (Lipinski definition) is 1. The van der Waals surface area contributed by atoms with Crippen LogP contribution < -0.4 is 5.32 Å². The van der Waals surface area contributed by atoms with Gasteiger partial charge in [0.05, 0.1) is 19.8 Å². The van der Waals surface area contributed by atoms with Crippen LogP contribution in [0.2, 0.25) is 0 Å². The Hall–Kier alpha value is -0.120. The molecule has 96 valence electrons. The second-order valence-electron chi connectivity index (χ2n) is 4.97. The van der Waals surface area contributed by atoms with E-state index < -0.39 is 0 Å². The van der Waals surface area contributed by atoms with Crippen molar-refractivity contribution in [2.75, 3.05) is 26.9 Å². The molecule has 3 heteroatoms. The van der Waals surface area contributed by atoms with Crippen molar-refractivity contribution in [3.63, 3.8) is 0 Å². The van der Waals surface area contributed by atoms with Crippen LogP contribution in [0, 0.1) is 5.92 Å². The average Bonchev–Trinajstić information content (AvgIpc) is 2.77. The third-order valence-electron chi connectivity index (χ3n) is 3.45. The lowest BCUT2D eigenvalue weighted by Crippen LogP contribution is -2.41. The molecule has 0 spiro atoms. The highest BCUT2D eigenvalue weighted by Crippen LogP contribution is 2.27. The van der Waals surface area contributed by atoms with Gasteiger partial charge in [-0.05, 0) is 32.6 Å². The lowest BCUT2D eigenvalue weighted by molar-refractivity contribution is 0.0585. The van der Waals surface area contributed by atoms with Gasteiger partial charge in [0.25, 0.3) is 0 Å². The zero-order valence-electron chi connectivity index (χ0n) is 11.0. The Labute approximate surface area is 99.9 Å². The molecule has 1 N–H and O–H groups in total. The summed E-state index contributed by atoms with van der Waals surface area (Å²) in [6, 6.07) is 1.07. The summed E-state index contributed by atoms with van der Waals surface area (Å²) in [5.74, 6) is 0.876. The van der Waals surface area contributed by atoms with E-state index in [2.05, 4.69) is 19.2 Å². The predicted molar refractivity (Wildman–Crippen MR) is 66.7 cm³/mol. The molecule has 2 atom stereocenters. The lowest BCUT2D eigenvalue weighted by atomic mass is 9.99. The van der Waals surface area contributed by atoms with E-state index in [-0.39, 0.29) is 0 Å². The van der Waals surface area contributed by atoms with E-state index in [4.69, 9.17) is 9.47 Å². The van der Waals surface area contributed by atoms with Crippen molar-refractivity contribution in [2.45, 2.75) is 51.6 Å². The van der Waals surface area contributed by atoms with Crippen LogP contribution in [-0.4, -0.2) is 39.0 Å². The van der Waals surface area contributed by atoms with Gasteiger partial charge in [-0.1, -0.05) is 12.8 Å². The fraction of sp³-hybridized carbons (Fsp3) is 1.00. The standard InChI is InChI=1S/C13H27NO2/c1-11(10-16-9-8-15-3)14-12(2)13-6-4-5-7-13/h11-14H,4-10H2,1-3H3. The van der Waals surface area contributed by atoms with Gasteiger partial charge in [0, 0.05) is 19.2 Å². The molecule has 16 heavy (non-hydrogen) atoms. The first-order valence-corrected chi connectivity index (χ1v) is 6.56. The Bertz CT molecular complexity index is 169. The highest BCUT2D eigenvalue weighted by Gasteiger charge is 2.22. The SMILES string of the molecule is COCCOCC(C)NC(C)C1CCCC1. The Morgan fingerprint density at radius 1 is 1.19 bits per heavy atom. The normalized spacial score (nSPS) is 21.2. The zero-order chi connectivity index (χ0) is 11.8. The Kier molecular flexibility index (Phi) is 7.01. The Morgan fingerprint density at radius 2 is 1.88 bits per heavy atom. The van der Waals surface area contributed by atoms with Gasteiger partial charge >= 0.3 is 0 Å². The van der Waals surface area contributed by atoms with Crippen molar-refractivity contribution in [1.82, 2.24) is 5.32 Å². The fourth-order valence-corrected chi connectivity index (χ4v) is 2.49. The van der Waals surface area contributed by atoms with E-state index >= 15 is 0 Å². The van der Waals surface area contributed by atoms with E-state index in [0.717, 1.165) is 12.5 Å². The smallest absolute Gasteiger partial charge is 0.0701 e. The summed E-state index contributed by atoms with van der Waals surface area (Å²) in [7, 11) is 1.70. The van der Waals surface area contributed by atoms with Crippen molar-refractivity contribution < 1.29 is 9.47 Å². The summed E-state index contributed by atoms with van der Waals surface area (Å²) in [5.41, 5.74) is 0. The molecule has 0 bridgehead atoms. The topological polar surface area (TPSA) is 30.5 Å². The third kappa shape index (κ3) is 5.28. The van der Waals surface area contributed by atoms with Gasteiger partial charge in [-0.15, -0.1) is 0 Å². The summed E-state index contributed by atoms with van der Waals surface area (Å²) in [6.07, 6.45) is 5.61. The highest BCUT2D eigenvalue weighted by atomic mass is 16.5. The summed E-state index contributed by atoms with van der Waals surface area (Å²) in [5, 5.41) is 3.63. The van der Waals surface area contributed by atoms with Crippen LogP contribution in [0.5, 0.6) is 0 Å². The molecule has 1 rings (SSSR count). The third-order valence-corrected chi connectivity index (χ3v) is 3.45. The maximum Gasteiger partial charge on any atom is 0.0701 e. The van der Waals surface area contributed by atoms with Crippen molar-refractivity contribution in [1.29, 1.82) is 0 Å². The van der Waals surface area contributed by atoms with Crippen LogP contribution in [0.15, 0.2) is 0 Å². The minimum absolute atomic E-state index is 0.437. The molecule has 0 aromatic rings. The van der Waals surface area contributed by atoms with Crippen LogP contribution in [0.25, 0.3) is 0 Å². The van der Waals surface area contributed by atoms with Gasteiger partial charge in [0.2, 0.25) is 0 Å². The molecule has 0 aromatic carbocycles. The van der Waals surface area contributed by atoms with Gasteiger partial charge in [-0.25, -0.2) is 0 Å². The van der Waals surface area contributed by atoms with E-state index in [1.807, 2.05) is 0 Å². The monoisotopic (exact) mass is 229 g/mol. The van der Waals surface area contributed by atoms with Crippen LogP contribution in [-0.2, 0) is 9.47 Å². The summed E-state index contributed by atoms with van der Waals surface area (Å²) >= 11 is 0. The maximum atomic E-state index is 5.51. The molecule has 0 radical (unpaired) electrons. The van der Waals surface area contributed by atoms with E-state index in [0.29, 0.717) is 25.3 Å². The first-order chi connectivity index (χ1) is 7.74. The number of nitrogens with one attached hydrogen (secondary N) is 1. The molecule has 2 unspecified atom stereocenters. The minimum Gasteiger partial charge on any atom is -0.382 e. The molecule has 1 aliphatic carbocycles. The molecule has 0 aromatic heterocycles. The maximum absolute atomic E-state index is 5.51. The molecule has 1 fully saturated rings. The molecule has 0 aliphatic heterocycles. The van der Waals surface area contributed by atoms with Crippen molar-refractivity contribution in [2.24, 2.45) is 5.92 Å². The van der Waals surface area contributed by atoms with Gasteiger partial charge in [-0.2, -0.15) is 0 Å². The van der Waals surface area contributed by atoms with E-state index in [9.17, 15) is 0 Å². The fourth-order valence-electron chi connectivity index (χ4n) is 2.49. The molecule has 1 saturated carbocycles. The summed E-state index contributed by atoms with van der Waals surface area (Å²) < 4.78 is 10.5. The molecule has 0 amide bonds. The zero-order valence-corrected chi connectivity index (χ0v) is 11.0. The van der Waals surface area contributed by atoms with Gasteiger partial charge in [0.15, 0.2) is 0 Å². The first-order valence-electron chi connectivity index (χ1n) is 6.56. The second-order valence-corrected chi connectivity index (χ2v) is 4.97. The molecule has 1 aliphatic rings. The minimum atomic E-state index is 0.437. The van der Waals surface area contributed by atoms with Gasteiger partial charge in [-0.3, -0.25) is 0 Å². The van der Waals surface area contributed by atoms with Gasteiger partial charge < -0.3 is 14.8 Å². The molecular weight excluding hydrogens is 202 g/mol. The number of hydrogen-bond acceptors (Lipinski definition) is 3. The number of methoxy groups -OCH3 is 1. The van der Waals surface area contributed by atoms with Crippen molar-refractivity contribution in [3.05, 3.63) is 0 Å².